The summed E-state index contributed by atoms with van der Waals surface area (Å²) in [6.45, 7) is 0.208. The predicted molar refractivity (Wildman–Crippen MR) is 111 cm³/mol. The molecular formula is C18H19N5O2S2. The molecule has 0 radical (unpaired) electrons. The number of thioether (sulfide) groups is 1. The number of rotatable bonds is 5. The van der Waals surface area contributed by atoms with Crippen molar-refractivity contribution in [2.24, 2.45) is 11.7 Å². The van der Waals surface area contributed by atoms with Crippen LogP contribution in [0.4, 0.5) is 5.69 Å². The molecular weight excluding hydrogens is 382 g/mol. The number of carbonyl (C=O) groups is 1. The Morgan fingerprint density at radius 3 is 2.67 bits per heavy atom. The Morgan fingerprint density at radius 2 is 1.96 bits per heavy atom. The number of para-hydroxylation sites is 1. The lowest BCUT2D eigenvalue weighted by Crippen LogP contribution is -2.43. The zero-order chi connectivity index (χ0) is 19.4. The number of nitrogens with zero attached hydrogens (tertiary/aromatic N) is 3. The van der Waals surface area contributed by atoms with Crippen LogP contribution in [0.2, 0.25) is 0 Å². The minimum atomic E-state index is -0.118. The molecule has 0 unspecified atom stereocenters. The molecule has 0 saturated heterocycles. The fourth-order valence-electron chi connectivity index (χ4n) is 2.67. The molecule has 140 valence electrons. The van der Waals surface area contributed by atoms with Crippen molar-refractivity contribution in [1.82, 2.24) is 9.99 Å². The smallest absolute Gasteiger partial charge is 0.177 e. The van der Waals surface area contributed by atoms with Crippen LogP contribution >= 0.6 is 24.0 Å². The predicted octanol–water partition coefficient (Wildman–Crippen LogP) is 1.74. The largest absolute Gasteiger partial charge is 0.506 e. The molecule has 1 aromatic heterocycles. The molecule has 0 atom stereocenters. The van der Waals surface area contributed by atoms with E-state index in [0.29, 0.717) is 34.0 Å². The van der Waals surface area contributed by atoms with E-state index in [-0.39, 0.29) is 23.1 Å². The monoisotopic (exact) mass is 401 g/mol. The number of Topliss-reactive ketones (excluding diaryl/α,β-unsaturated/α-hetero) is 1. The molecule has 0 bridgehead atoms. The van der Waals surface area contributed by atoms with E-state index >= 15 is 0 Å². The molecule has 27 heavy (non-hydrogen) atoms. The normalized spacial score (nSPS) is 14.2. The summed E-state index contributed by atoms with van der Waals surface area (Å²) < 4.78 is 0. The van der Waals surface area contributed by atoms with Crippen LogP contribution in [-0.2, 0) is 11.3 Å². The number of nitrogens with two attached hydrogens (primary N) is 2. The third kappa shape index (κ3) is 4.28. The van der Waals surface area contributed by atoms with Crippen molar-refractivity contribution in [3.8, 4) is 5.75 Å². The lowest BCUT2D eigenvalue weighted by molar-refractivity contribution is -0.113. The first-order valence-corrected chi connectivity index (χ1v) is 9.67. The topological polar surface area (TPSA) is 109 Å². The van der Waals surface area contributed by atoms with Gasteiger partial charge in [-0.2, -0.15) is 0 Å². The Balaban J connectivity index is 1.92. The van der Waals surface area contributed by atoms with E-state index in [1.165, 1.54) is 28.0 Å². The lowest BCUT2D eigenvalue weighted by Gasteiger charge is -2.30. The molecule has 0 spiro atoms. The van der Waals surface area contributed by atoms with Crippen LogP contribution in [0.3, 0.4) is 0 Å². The van der Waals surface area contributed by atoms with Gasteiger partial charge in [0.05, 0.1) is 35.5 Å². The van der Waals surface area contributed by atoms with Gasteiger partial charge in [-0.1, -0.05) is 30.4 Å². The Labute approximate surface area is 166 Å². The summed E-state index contributed by atoms with van der Waals surface area (Å²) in [5, 5.41) is 12.7. The Morgan fingerprint density at radius 1 is 1.22 bits per heavy atom. The summed E-state index contributed by atoms with van der Waals surface area (Å²) in [6, 6.07) is 10.8. The molecule has 5 N–H and O–H groups in total. The Kier molecular flexibility index (Phi) is 6.07. The van der Waals surface area contributed by atoms with Gasteiger partial charge in [0.2, 0.25) is 0 Å². The second kappa shape index (κ2) is 8.49. The molecule has 1 aliphatic heterocycles. The lowest BCUT2D eigenvalue weighted by atomic mass is 10.1. The van der Waals surface area contributed by atoms with E-state index in [1.807, 2.05) is 30.3 Å². The number of aromatic hydroxyl groups is 1. The van der Waals surface area contributed by atoms with Crippen molar-refractivity contribution >= 4 is 40.4 Å². The van der Waals surface area contributed by atoms with E-state index in [9.17, 15) is 9.90 Å². The first-order chi connectivity index (χ1) is 13.0. The van der Waals surface area contributed by atoms with E-state index in [2.05, 4.69) is 4.98 Å². The highest BCUT2D eigenvalue weighted by Crippen LogP contribution is 2.27. The Hall–Kier alpha value is -2.46. The van der Waals surface area contributed by atoms with Gasteiger partial charge in [-0.25, -0.2) is 11.7 Å². The zero-order valence-electron chi connectivity index (χ0n) is 14.4. The van der Waals surface area contributed by atoms with Crippen molar-refractivity contribution in [3.63, 3.8) is 0 Å². The minimum absolute atomic E-state index is 0.0391. The van der Waals surface area contributed by atoms with Gasteiger partial charge in [0, 0.05) is 17.5 Å². The van der Waals surface area contributed by atoms with Gasteiger partial charge in [0.1, 0.15) is 10.7 Å². The summed E-state index contributed by atoms with van der Waals surface area (Å²) in [6.07, 6.45) is 2.92. The number of hydrogen-bond acceptors (Lipinski definition) is 8. The zero-order valence-corrected chi connectivity index (χ0v) is 16.0. The van der Waals surface area contributed by atoms with Crippen LogP contribution < -0.4 is 16.7 Å². The second-order valence-corrected chi connectivity index (χ2v) is 7.25. The summed E-state index contributed by atoms with van der Waals surface area (Å²) in [5.74, 6) is 13.2. The number of aromatic nitrogens is 1. The highest BCUT2D eigenvalue weighted by Gasteiger charge is 2.29. The molecule has 2 heterocycles. The number of pyridine rings is 1. The molecule has 0 aliphatic carbocycles. The molecule has 0 fully saturated rings. The maximum Gasteiger partial charge on any atom is 0.177 e. The van der Waals surface area contributed by atoms with Crippen molar-refractivity contribution in [3.05, 3.63) is 65.6 Å². The van der Waals surface area contributed by atoms with Gasteiger partial charge in [-0.15, -0.1) is 11.8 Å². The first kappa shape index (κ1) is 19.3. The SMILES string of the molecule is NN(Cc1ccncc1O)C1=C(C(=S)N(N)c2ccccc2)C(=O)CSC1. The van der Waals surface area contributed by atoms with Gasteiger partial charge in [-0.05, 0) is 18.2 Å². The maximum atomic E-state index is 12.6. The average Bonchev–Trinajstić information content (AvgIpc) is 2.69. The van der Waals surface area contributed by atoms with Gasteiger partial charge >= 0.3 is 0 Å². The highest BCUT2D eigenvalue weighted by molar-refractivity contribution is 8.00. The van der Waals surface area contributed by atoms with Crippen LogP contribution in [0, 0.1) is 0 Å². The first-order valence-electron chi connectivity index (χ1n) is 8.11. The minimum Gasteiger partial charge on any atom is -0.506 e. The van der Waals surface area contributed by atoms with Gasteiger partial charge in [0.15, 0.2) is 5.78 Å². The maximum absolute atomic E-state index is 12.6. The fraction of sp³-hybridized carbons (Fsp3) is 0.167. The number of thiocarbonyl (C=S) groups is 1. The number of ketones is 1. The molecule has 7 nitrogen and oxygen atoms in total. The molecule has 1 aliphatic rings. The number of anilines is 1. The van der Waals surface area contributed by atoms with Gasteiger partial charge < -0.3 is 10.1 Å². The van der Waals surface area contributed by atoms with E-state index < -0.39 is 0 Å². The summed E-state index contributed by atoms with van der Waals surface area (Å²) >= 11 is 6.97. The van der Waals surface area contributed by atoms with Gasteiger partial charge in [0.25, 0.3) is 0 Å². The van der Waals surface area contributed by atoms with Crippen LogP contribution in [0.5, 0.6) is 5.75 Å². The van der Waals surface area contributed by atoms with E-state index in [4.69, 9.17) is 23.9 Å². The van der Waals surface area contributed by atoms with Crippen LogP contribution in [0.1, 0.15) is 5.56 Å². The fourth-order valence-corrected chi connectivity index (χ4v) is 3.94. The van der Waals surface area contributed by atoms with Crippen LogP contribution in [0.15, 0.2) is 60.1 Å². The summed E-state index contributed by atoms with van der Waals surface area (Å²) in [4.78, 5) is 16.7. The van der Waals surface area contributed by atoms with Gasteiger partial charge in [-0.3, -0.25) is 14.8 Å². The number of benzene rings is 1. The quantitative estimate of drug-likeness (QED) is 0.392. The standard InChI is InChI=1S/C18H19N5O2S2/c19-22(9-12-6-7-21-8-15(12)24)14-10-27-11-16(25)17(14)18(26)23(20)13-4-2-1-3-5-13/h1-8,24H,9-11,19-20H2. The number of hydrazine groups is 2. The molecule has 0 saturated carbocycles. The second-order valence-electron chi connectivity index (χ2n) is 5.88. The van der Waals surface area contributed by atoms with Crippen molar-refractivity contribution in [1.29, 1.82) is 0 Å². The van der Waals surface area contributed by atoms with Crippen LogP contribution in [-0.4, -0.2) is 37.4 Å². The van der Waals surface area contributed by atoms with Crippen LogP contribution in [0.25, 0.3) is 0 Å². The van der Waals surface area contributed by atoms with Crippen molar-refractivity contribution in [2.75, 3.05) is 16.5 Å². The molecule has 0 amide bonds. The van der Waals surface area contributed by atoms with Crippen molar-refractivity contribution < 1.29 is 9.90 Å². The molecule has 9 heteroatoms. The highest BCUT2D eigenvalue weighted by atomic mass is 32.2. The summed E-state index contributed by atoms with van der Waals surface area (Å²) in [7, 11) is 0. The number of hydrogen-bond donors (Lipinski definition) is 3. The van der Waals surface area contributed by atoms with Crippen molar-refractivity contribution in [2.45, 2.75) is 6.54 Å². The molecule has 2 aromatic rings. The Bertz CT molecular complexity index is 888. The number of carbonyl (C=O) groups excluding carboxylic acids is 1. The summed E-state index contributed by atoms with van der Waals surface area (Å²) in [5.41, 5.74) is 2.20. The molecule has 3 rings (SSSR count). The third-order valence-electron chi connectivity index (χ3n) is 4.08. The van der Waals surface area contributed by atoms with E-state index in [0.717, 1.165) is 0 Å². The molecule has 1 aromatic carbocycles. The van der Waals surface area contributed by atoms with E-state index in [1.54, 1.807) is 12.3 Å². The average molecular weight is 402 g/mol. The third-order valence-corrected chi connectivity index (χ3v) is 5.43.